The van der Waals surface area contributed by atoms with Crippen LogP contribution in [0.3, 0.4) is 0 Å². The summed E-state index contributed by atoms with van der Waals surface area (Å²) in [5, 5.41) is 6.37. The summed E-state index contributed by atoms with van der Waals surface area (Å²) in [6, 6.07) is 4.79. The molecule has 0 spiro atoms. The van der Waals surface area contributed by atoms with Gasteiger partial charge in [-0.05, 0) is 62.6 Å². The van der Waals surface area contributed by atoms with Crippen molar-refractivity contribution in [1.82, 2.24) is 19.9 Å². The number of ketones is 1. The van der Waals surface area contributed by atoms with E-state index in [1.54, 1.807) is 26.0 Å². The van der Waals surface area contributed by atoms with Crippen LogP contribution in [-0.2, 0) is 18.4 Å². The molecule has 1 aromatic carbocycles. The van der Waals surface area contributed by atoms with Crippen molar-refractivity contribution in [2.75, 3.05) is 11.9 Å². The smallest absolute Gasteiger partial charge is 0.272 e. The zero-order valence-corrected chi connectivity index (χ0v) is 19.3. The van der Waals surface area contributed by atoms with Crippen LogP contribution in [0.15, 0.2) is 30.7 Å². The maximum absolute atomic E-state index is 13.5. The van der Waals surface area contributed by atoms with Gasteiger partial charge in [0, 0.05) is 32.3 Å². The Morgan fingerprint density at radius 1 is 1.18 bits per heavy atom. The van der Waals surface area contributed by atoms with E-state index in [1.165, 1.54) is 12.4 Å². The quantitative estimate of drug-likeness (QED) is 0.563. The van der Waals surface area contributed by atoms with Gasteiger partial charge in [-0.25, -0.2) is 14.4 Å². The van der Waals surface area contributed by atoms with Gasteiger partial charge in [0.25, 0.3) is 5.91 Å². The Bertz CT molecular complexity index is 1180. The molecule has 3 aromatic rings. The highest BCUT2D eigenvalue weighted by molar-refractivity contribution is 6.06. The van der Waals surface area contributed by atoms with Gasteiger partial charge in [0.1, 0.15) is 29.0 Å². The molecular weight excluding hydrogens is 421 g/mol. The average molecular weight is 452 g/mol. The van der Waals surface area contributed by atoms with Crippen molar-refractivity contribution >= 4 is 28.4 Å². The number of carbonyl (C=O) groups is 2. The second-order valence-electron chi connectivity index (χ2n) is 9.05. The summed E-state index contributed by atoms with van der Waals surface area (Å²) >= 11 is 0. The second kappa shape index (κ2) is 9.68. The first-order valence-electron chi connectivity index (χ1n) is 11.4. The summed E-state index contributed by atoms with van der Waals surface area (Å²) in [5.74, 6) is 0.455. The summed E-state index contributed by atoms with van der Waals surface area (Å²) in [6.45, 7) is 4.47. The third kappa shape index (κ3) is 5.05. The van der Waals surface area contributed by atoms with Crippen LogP contribution in [0.4, 0.5) is 10.1 Å². The van der Waals surface area contributed by atoms with Crippen LogP contribution >= 0.6 is 0 Å². The molecule has 1 aliphatic rings. The van der Waals surface area contributed by atoms with Crippen molar-refractivity contribution in [2.24, 2.45) is 18.9 Å². The third-order valence-electron chi connectivity index (χ3n) is 6.65. The summed E-state index contributed by atoms with van der Waals surface area (Å²) in [6.07, 6.45) is 7.32. The van der Waals surface area contributed by atoms with E-state index in [0.29, 0.717) is 34.0 Å². The van der Waals surface area contributed by atoms with Crippen LogP contribution in [0, 0.1) is 24.6 Å². The summed E-state index contributed by atoms with van der Waals surface area (Å²) in [5.41, 5.74) is 3.89. The SMILES string of the molecule is CC(=O)C1CCC(CNc2cn(C)c3c(C(=O)NCc4ccc(F)c(C)c4)ncnc23)CC1. The fourth-order valence-electron chi connectivity index (χ4n) is 4.64. The van der Waals surface area contributed by atoms with E-state index >= 15 is 0 Å². The number of amides is 1. The Labute approximate surface area is 192 Å². The molecule has 7 nitrogen and oxygen atoms in total. The topological polar surface area (TPSA) is 88.9 Å². The lowest BCUT2D eigenvalue weighted by Gasteiger charge is -2.27. The number of nitrogens with one attached hydrogen (secondary N) is 2. The molecule has 2 aromatic heterocycles. The fraction of sp³-hybridized carbons (Fsp3) is 0.440. The highest BCUT2D eigenvalue weighted by Crippen LogP contribution is 2.31. The number of Topliss-reactive ketones (excluding diaryl/α,β-unsaturated/α-hetero) is 1. The monoisotopic (exact) mass is 451 g/mol. The molecular formula is C25H30FN5O2. The van der Waals surface area contributed by atoms with E-state index in [2.05, 4.69) is 20.6 Å². The van der Waals surface area contributed by atoms with Crippen molar-refractivity contribution in [3.05, 3.63) is 53.4 Å². The van der Waals surface area contributed by atoms with E-state index in [1.807, 2.05) is 17.8 Å². The van der Waals surface area contributed by atoms with Gasteiger partial charge in [0.05, 0.1) is 5.69 Å². The molecule has 1 fully saturated rings. The van der Waals surface area contributed by atoms with Gasteiger partial charge in [-0.1, -0.05) is 12.1 Å². The van der Waals surface area contributed by atoms with Gasteiger partial charge in [-0.15, -0.1) is 0 Å². The molecule has 33 heavy (non-hydrogen) atoms. The molecule has 0 unspecified atom stereocenters. The Hall–Kier alpha value is -3.29. The fourth-order valence-corrected chi connectivity index (χ4v) is 4.64. The van der Waals surface area contributed by atoms with Gasteiger partial charge in [-0.3, -0.25) is 9.59 Å². The zero-order valence-electron chi connectivity index (χ0n) is 19.3. The van der Waals surface area contributed by atoms with Gasteiger partial charge in [0.15, 0.2) is 5.69 Å². The van der Waals surface area contributed by atoms with Crippen LogP contribution < -0.4 is 10.6 Å². The predicted molar refractivity (Wildman–Crippen MR) is 125 cm³/mol. The molecule has 2 N–H and O–H groups in total. The first-order valence-corrected chi connectivity index (χ1v) is 11.4. The number of anilines is 1. The molecule has 8 heteroatoms. The lowest BCUT2D eigenvalue weighted by molar-refractivity contribution is -0.121. The van der Waals surface area contributed by atoms with E-state index in [0.717, 1.165) is 43.5 Å². The Balaban J connectivity index is 1.44. The minimum absolute atomic E-state index is 0.214. The van der Waals surface area contributed by atoms with Crippen molar-refractivity contribution in [1.29, 1.82) is 0 Å². The van der Waals surface area contributed by atoms with E-state index in [-0.39, 0.29) is 24.2 Å². The molecule has 0 saturated heterocycles. The second-order valence-corrected chi connectivity index (χ2v) is 9.05. The molecule has 1 aliphatic carbocycles. The zero-order chi connectivity index (χ0) is 23.5. The van der Waals surface area contributed by atoms with Gasteiger partial charge < -0.3 is 15.2 Å². The number of hydrogen-bond donors (Lipinski definition) is 2. The number of hydrogen-bond acceptors (Lipinski definition) is 5. The number of halogens is 1. The van der Waals surface area contributed by atoms with Crippen LogP contribution in [0.5, 0.6) is 0 Å². The highest BCUT2D eigenvalue weighted by Gasteiger charge is 2.24. The number of aromatic nitrogens is 3. The number of aryl methyl sites for hydroxylation is 2. The van der Waals surface area contributed by atoms with Crippen molar-refractivity contribution in [3.8, 4) is 0 Å². The van der Waals surface area contributed by atoms with Crippen LogP contribution in [0.25, 0.3) is 11.0 Å². The Kier molecular flexibility index (Phi) is 6.72. The van der Waals surface area contributed by atoms with Gasteiger partial charge >= 0.3 is 0 Å². The van der Waals surface area contributed by atoms with E-state index in [4.69, 9.17) is 0 Å². The number of benzene rings is 1. The molecule has 0 aliphatic heterocycles. The molecule has 4 rings (SSSR count). The van der Waals surface area contributed by atoms with Crippen LogP contribution in [0.1, 0.15) is 54.2 Å². The average Bonchev–Trinajstić information content (AvgIpc) is 3.14. The molecule has 0 atom stereocenters. The van der Waals surface area contributed by atoms with Gasteiger partial charge in [-0.2, -0.15) is 0 Å². The van der Waals surface area contributed by atoms with E-state index in [9.17, 15) is 14.0 Å². The Morgan fingerprint density at radius 3 is 2.64 bits per heavy atom. The number of fused-ring (bicyclic) bond motifs is 1. The Morgan fingerprint density at radius 2 is 1.94 bits per heavy atom. The summed E-state index contributed by atoms with van der Waals surface area (Å²) in [4.78, 5) is 33.2. The standard InChI is InChI=1S/C25H30FN5O2/c1-15-10-18(6-9-20(15)26)12-28-25(33)23-24-22(29-14-30-23)21(13-31(24)3)27-11-17-4-7-19(8-5-17)16(2)32/h6,9-10,13-14,17,19,27H,4-5,7-8,11-12H2,1-3H3,(H,28,33). The number of rotatable bonds is 7. The number of nitrogens with zero attached hydrogens (tertiary/aromatic N) is 3. The molecule has 174 valence electrons. The molecule has 0 bridgehead atoms. The maximum atomic E-state index is 13.5. The largest absolute Gasteiger partial charge is 0.382 e. The normalized spacial score (nSPS) is 18.3. The first kappa shape index (κ1) is 22.9. The molecule has 0 radical (unpaired) electrons. The third-order valence-corrected chi connectivity index (χ3v) is 6.65. The van der Waals surface area contributed by atoms with Gasteiger partial charge in [0.2, 0.25) is 0 Å². The minimum atomic E-state index is -0.306. The number of carbonyl (C=O) groups excluding carboxylic acids is 2. The maximum Gasteiger partial charge on any atom is 0.272 e. The predicted octanol–water partition coefficient (Wildman–Crippen LogP) is 4.15. The van der Waals surface area contributed by atoms with Crippen molar-refractivity contribution in [3.63, 3.8) is 0 Å². The molecule has 2 heterocycles. The summed E-state index contributed by atoms with van der Waals surface area (Å²) in [7, 11) is 1.87. The lowest BCUT2D eigenvalue weighted by atomic mass is 9.80. The van der Waals surface area contributed by atoms with Crippen LogP contribution in [-0.4, -0.2) is 32.8 Å². The lowest BCUT2D eigenvalue weighted by Crippen LogP contribution is -2.25. The van der Waals surface area contributed by atoms with Crippen molar-refractivity contribution < 1.29 is 14.0 Å². The summed E-state index contributed by atoms with van der Waals surface area (Å²) < 4.78 is 15.4. The molecule has 1 amide bonds. The first-order chi connectivity index (χ1) is 15.8. The highest BCUT2D eigenvalue weighted by atomic mass is 19.1. The van der Waals surface area contributed by atoms with Crippen molar-refractivity contribution in [2.45, 2.75) is 46.1 Å². The molecule has 1 saturated carbocycles. The minimum Gasteiger partial charge on any atom is -0.382 e. The van der Waals surface area contributed by atoms with E-state index < -0.39 is 0 Å². The van der Waals surface area contributed by atoms with Crippen LogP contribution in [0.2, 0.25) is 0 Å².